The van der Waals surface area contributed by atoms with Gasteiger partial charge in [0.05, 0.1) is 16.2 Å². The summed E-state index contributed by atoms with van der Waals surface area (Å²) in [7, 11) is 0. The number of nitro benzene ring substituents is 1. The van der Waals surface area contributed by atoms with Crippen LogP contribution in [0.2, 0.25) is 5.02 Å². The van der Waals surface area contributed by atoms with Crippen LogP contribution >= 0.6 is 34.3 Å². The average molecular weight is 524 g/mol. The van der Waals surface area contributed by atoms with Crippen LogP contribution in [0, 0.1) is 21.4 Å². The van der Waals surface area contributed by atoms with E-state index in [2.05, 4.69) is 21.4 Å². The molecule has 12 heteroatoms. The average Bonchev–Trinajstić information content (AvgIpc) is 3.54. The van der Waals surface area contributed by atoms with Crippen molar-refractivity contribution < 1.29 is 14.5 Å². The Hall–Kier alpha value is -4.11. The maximum Gasteiger partial charge on any atom is 0.270 e. The minimum Gasteiger partial charge on any atom is -0.483 e. The number of nitrogens with one attached hydrogen (secondary N) is 1. The number of nitriles is 1. The molecule has 0 fully saturated rings. The van der Waals surface area contributed by atoms with E-state index in [0.717, 1.165) is 5.56 Å². The third-order valence-electron chi connectivity index (χ3n) is 4.54. The molecule has 9 nitrogen and oxygen atoms in total. The number of carbonyl (C=O) groups is 1. The maximum atomic E-state index is 12.2. The van der Waals surface area contributed by atoms with Gasteiger partial charge in [0.15, 0.2) is 11.7 Å². The van der Waals surface area contributed by atoms with Gasteiger partial charge in [-0.3, -0.25) is 20.2 Å². The summed E-state index contributed by atoms with van der Waals surface area (Å²) in [6.45, 7) is -0.349. The Morgan fingerprint density at radius 2 is 2.06 bits per heavy atom. The van der Waals surface area contributed by atoms with E-state index in [-0.39, 0.29) is 29.2 Å². The molecule has 0 aliphatic rings. The molecule has 0 saturated heterocycles. The normalized spacial score (nSPS) is 11.0. The Bertz CT molecular complexity index is 1440. The van der Waals surface area contributed by atoms with Crippen LogP contribution in [0.1, 0.15) is 10.6 Å². The molecule has 0 atom stereocenters. The van der Waals surface area contributed by atoms with Gasteiger partial charge in [-0.1, -0.05) is 23.7 Å². The van der Waals surface area contributed by atoms with Gasteiger partial charge in [0, 0.05) is 45.2 Å². The monoisotopic (exact) mass is 523 g/mol. The van der Waals surface area contributed by atoms with Gasteiger partial charge in [-0.25, -0.2) is 9.97 Å². The lowest BCUT2D eigenvalue weighted by Crippen LogP contribution is -2.20. The molecule has 0 radical (unpaired) electrons. The number of anilines is 1. The van der Waals surface area contributed by atoms with Crippen molar-refractivity contribution in [3.8, 4) is 23.1 Å². The molecule has 4 aromatic rings. The molecule has 0 unspecified atom stereocenters. The Balaban J connectivity index is 1.61. The number of nitro groups is 1. The van der Waals surface area contributed by atoms with Crippen molar-refractivity contribution in [3.05, 3.63) is 85.1 Å². The van der Waals surface area contributed by atoms with Crippen LogP contribution in [-0.2, 0) is 4.79 Å². The molecule has 2 heterocycles. The predicted molar refractivity (Wildman–Crippen MR) is 135 cm³/mol. The van der Waals surface area contributed by atoms with Crippen molar-refractivity contribution in [2.24, 2.45) is 0 Å². The van der Waals surface area contributed by atoms with E-state index < -0.39 is 10.8 Å². The number of hydrogen-bond donors (Lipinski definition) is 1. The Morgan fingerprint density at radius 3 is 2.74 bits per heavy atom. The van der Waals surface area contributed by atoms with Crippen LogP contribution in [0.3, 0.4) is 0 Å². The smallest absolute Gasteiger partial charge is 0.270 e. The first-order valence-electron chi connectivity index (χ1n) is 9.87. The number of nitrogens with zero attached hydrogens (tertiary/aromatic N) is 4. The molecule has 174 valence electrons. The zero-order valence-corrected chi connectivity index (χ0v) is 20.1. The van der Waals surface area contributed by atoms with Crippen LogP contribution < -0.4 is 10.1 Å². The van der Waals surface area contributed by atoms with Crippen LogP contribution in [0.15, 0.2) is 59.4 Å². The first-order valence-corrected chi connectivity index (χ1v) is 12.0. The third kappa shape index (κ3) is 6.07. The van der Waals surface area contributed by atoms with E-state index >= 15 is 0 Å². The lowest BCUT2D eigenvalue weighted by molar-refractivity contribution is -0.384. The van der Waals surface area contributed by atoms with Gasteiger partial charge in [-0.05, 0) is 24.3 Å². The SMILES string of the molecule is N#CC(=Cc1cc([N+](=O)[O-])ccc1OCC(=O)Nc1nccs1)c1nc(-c2ccc(Cl)cc2)cs1. The fourth-order valence-electron chi connectivity index (χ4n) is 2.93. The molecule has 2 aromatic carbocycles. The molecule has 0 saturated carbocycles. The molecule has 1 N–H and O–H groups in total. The van der Waals surface area contributed by atoms with E-state index in [1.165, 1.54) is 46.9 Å². The van der Waals surface area contributed by atoms with Gasteiger partial charge in [-0.15, -0.1) is 22.7 Å². The zero-order chi connectivity index (χ0) is 24.8. The van der Waals surface area contributed by atoms with Gasteiger partial charge in [0.2, 0.25) is 0 Å². The number of hydrogen-bond acceptors (Lipinski definition) is 9. The van der Waals surface area contributed by atoms with Crippen molar-refractivity contribution in [2.75, 3.05) is 11.9 Å². The van der Waals surface area contributed by atoms with Crippen molar-refractivity contribution in [2.45, 2.75) is 0 Å². The summed E-state index contributed by atoms with van der Waals surface area (Å²) in [5.74, 6) is -0.242. The first kappa shape index (κ1) is 24.0. The molecule has 0 aliphatic carbocycles. The lowest BCUT2D eigenvalue weighted by Gasteiger charge is -2.09. The molecular weight excluding hydrogens is 510 g/mol. The number of benzene rings is 2. The van der Waals surface area contributed by atoms with E-state index in [1.54, 1.807) is 29.1 Å². The Morgan fingerprint density at radius 1 is 1.26 bits per heavy atom. The second kappa shape index (κ2) is 10.9. The summed E-state index contributed by atoms with van der Waals surface area (Å²) in [5, 5.41) is 28.6. The number of ether oxygens (including phenoxy) is 1. The van der Waals surface area contributed by atoms with Gasteiger partial charge in [-0.2, -0.15) is 5.26 Å². The third-order valence-corrected chi connectivity index (χ3v) is 6.35. The van der Waals surface area contributed by atoms with Gasteiger partial charge >= 0.3 is 0 Å². The summed E-state index contributed by atoms with van der Waals surface area (Å²) in [6.07, 6.45) is 3.01. The van der Waals surface area contributed by atoms with E-state index in [9.17, 15) is 20.2 Å². The molecule has 35 heavy (non-hydrogen) atoms. The summed E-state index contributed by atoms with van der Waals surface area (Å²) in [6, 6.07) is 13.1. The molecule has 0 aliphatic heterocycles. The number of non-ortho nitro benzene ring substituents is 1. The zero-order valence-electron chi connectivity index (χ0n) is 17.7. The van der Waals surface area contributed by atoms with Gasteiger partial charge in [0.1, 0.15) is 16.8 Å². The summed E-state index contributed by atoms with van der Waals surface area (Å²) < 4.78 is 5.61. The molecule has 1 amide bonds. The maximum absolute atomic E-state index is 12.2. The van der Waals surface area contributed by atoms with E-state index in [4.69, 9.17) is 16.3 Å². The first-order chi connectivity index (χ1) is 16.9. The van der Waals surface area contributed by atoms with Crippen molar-refractivity contribution in [1.82, 2.24) is 9.97 Å². The number of thiazole rings is 2. The number of carbonyl (C=O) groups excluding carboxylic acids is 1. The number of aromatic nitrogens is 2. The Kier molecular flexibility index (Phi) is 7.47. The van der Waals surface area contributed by atoms with Crippen LogP contribution in [0.4, 0.5) is 10.8 Å². The van der Waals surface area contributed by atoms with Gasteiger partial charge in [0.25, 0.3) is 11.6 Å². The second-order valence-electron chi connectivity index (χ2n) is 6.87. The van der Waals surface area contributed by atoms with Crippen LogP contribution in [0.5, 0.6) is 5.75 Å². The molecular formula is C23H14ClN5O4S2. The van der Waals surface area contributed by atoms with Gasteiger partial charge < -0.3 is 4.74 Å². The van der Waals surface area contributed by atoms with Crippen molar-refractivity contribution in [3.63, 3.8) is 0 Å². The number of allylic oxidation sites excluding steroid dienone is 1. The fourth-order valence-corrected chi connectivity index (χ4v) is 4.39. The second-order valence-corrected chi connectivity index (χ2v) is 9.06. The minimum atomic E-state index is -0.551. The van der Waals surface area contributed by atoms with Crippen LogP contribution in [0.25, 0.3) is 22.9 Å². The lowest BCUT2D eigenvalue weighted by atomic mass is 10.1. The number of halogens is 1. The highest BCUT2D eigenvalue weighted by atomic mass is 35.5. The highest BCUT2D eigenvalue weighted by Gasteiger charge is 2.15. The summed E-state index contributed by atoms with van der Waals surface area (Å²) in [5.41, 5.74) is 1.76. The summed E-state index contributed by atoms with van der Waals surface area (Å²) in [4.78, 5) is 31.4. The molecule has 0 spiro atoms. The number of rotatable bonds is 8. The van der Waals surface area contributed by atoms with Crippen molar-refractivity contribution >= 4 is 62.6 Å². The molecule has 2 aromatic heterocycles. The fraction of sp³-hybridized carbons (Fsp3) is 0.0435. The van der Waals surface area contributed by atoms with Crippen LogP contribution in [-0.4, -0.2) is 27.4 Å². The number of amides is 1. The van der Waals surface area contributed by atoms with Crippen molar-refractivity contribution in [1.29, 1.82) is 5.26 Å². The quantitative estimate of drug-likeness (QED) is 0.172. The minimum absolute atomic E-state index is 0.186. The largest absolute Gasteiger partial charge is 0.483 e. The molecule has 4 rings (SSSR count). The summed E-state index contributed by atoms with van der Waals surface area (Å²) >= 11 is 8.46. The van der Waals surface area contributed by atoms with E-state index in [1.807, 2.05) is 12.1 Å². The highest BCUT2D eigenvalue weighted by molar-refractivity contribution is 7.13. The Labute approximate surface area is 212 Å². The standard InChI is InChI=1S/C23H14ClN5O4S2/c24-17-3-1-14(2-4-17)19-13-35-22(27-19)16(11-25)9-15-10-18(29(31)32)5-6-20(15)33-12-21(30)28-23-26-7-8-34-23/h1-10,13H,12H2,(H,26,28,30). The molecule has 0 bridgehead atoms. The predicted octanol–water partition coefficient (Wildman–Crippen LogP) is 5.91. The highest BCUT2D eigenvalue weighted by Crippen LogP contribution is 2.31. The van der Waals surface area contributed by atoms with E-state index in [0.29, 0.717) is 20.9 Å². The topological polar surface area (TPSA) is 131 Å².